The molecule has 0 saturated heterocycles. The Morgan fingerprint density at radius 1 is 1.25 bits per heavy atom. The summed E-state index contributed by atoms with van der Waals surface area (Å²) in [4.78, 5) is 0. The molecule has 0 amide bonds. The molecule has 1 saturated carbocycles. The Labute approximate surface area is 74.4 Å². The van der Waals surface area contributed by atoms with E-state index in [9.17, 15) is 0 Å². The summed E-state index contributed by atoms with van der Waals surface area (Å²) in [7, 11) is 0. The van der Waals surface area contributed by atoms with Gasteiger partial charge in [-0.1, -0.05) is 12.2 Å². The maximum Gasteiger partial charge on any atom is -0.0157 e. The van der Waals surface area contributed by atoms with Gasteiger partial charge in [-0.3, -0.25) is 0 Å². The lowest BCUT2D eigenvalue weighted by molar-refractivity contribution is 0.658. The van der Waals surface area contributed by atoms with Crippen LogP contribution in [-0.4, -0.2) is 0 Å². The van der Waals surface area contributed by atoms with Crippen molar-refractivity contribution in [1.29, 1.82) is 0 Å². The third kappa shape index (κ3) is 0.903. The Balaban J connectivity index is 1.89. The molecule has 64 valence electrons. The first-order valence-electron chi connectivity index (χ1n) is 5.34. The number of hydrogen-bond donors (Lipinski definition) is 0. The second-order valence-corrected chi connectivity index (χ2v) is 4.51. The molecule has 1 fully saturated rings. The van der Waals surface area contributed by atoms with Crippen molar-refractivity contribution in [2.24, 2.45) is 11.8 Å². The lowest BCUT2D eigenvalue weighted by Crippen LogP contribution is -1.98. The van der Waals surface area contributed by atoms with E-state index in [-0.39, 0.29) is 0 Å². The number of allylic oxidation sites excluding steroid dienone is 4. The molecule has 0 aliphatic heterocycles. The van der Waals surface area contributed by atoms with Crippen molar-refractivity contribution in [1.82, 2.24) is 0 Å². The molecule has 0 heterocycles. The van der Waals surface area contributed by atoms with Crippen LogP contribution in [0.2, 0.25) is 0 Å². The SMILES string of the molecule is C1=C(C2=CC3CCC2C3)CCC1. The summed E-state index contributed by atoms with van der Waals surface area (Å²) >= 11 is 0. The minimum atomic E-state index is 0.964. The minimum Gasteiger partial charge on any atom is -0.0810 e. The van der Waals surface area contributed by atoms with E-state index in [1.807, 2.05) is 0 Å². The van der Waals surface area contributed by atoms with Gasteiger partial charge in [0.25, 0.3) is 0 Å². The molecule has 0 N–H and O–H groups in total. The van der Waals surface area contributed by atoms with Crippen molar-refractivity contribution in [3.05, 3.63) is 23.3 Å². The average molecular weight is 160 g/mol. The molecule has 2 atom stereocenters. The van der Waals surface area contributed by atoms with Crippen molar-refractivity contribution in [3.8, 4) is 0 Å². The molecular formula is C12H16. The fourth-order valence-corrected chi connectivity index (χ4v) is 3.14. The summed E-state index contributed by atoms with van der Waals surface area (Å²) in [5.41, 5.74) is 3.46. The van der Waals surface area contributed by atoms with Crippen LogP contribution in [0.4, 0.5) is 0 Å². The van der Waals surface area contributed by atoms with Crippen LogP contribution >= 0.6 is 0 Å². The number of rotatable bonds is 1. The Morgan fingerprint density at radius 2 is 2.25 bits per heavy atom. The average Bonchev–Trinajstić information content (AvgIpc) is 2.81. The van der Waals surface area contributed by atoms with E-state index < -0.39 is 0 Å². The molecule has 0 spiro atoms. The maximum absolute atomic E-state index is 2.57. The van der Waals surface area contributed by atoms with E-state index in [0.29, 0.717) is 0 Å². The van der Waals surface area contributed by atoms with Crippen LogP contribution in [0.1, 0.15) is 38.5 Å². The van der Waals surface area contributed by atoms with Gasteiger partial charge in [0.1, 0.15) is 0 Å². The molecule has 0 heteroatoms. The van der Waals surface area contributed by atoms with E-state index in [0.717, 1.165) is 11.8 Å². The molecule has 3 rings (SSSR count). The van der Waals surface area contributed by atoms with Gasteiger partial charge in [-0.15, -0.1) is 0 Å². The summed E-state index contributed by atoms with van der Waals surface area (Å²) in [6.45, 7) is 0. The quantitative estimate of drug-likeness (QED) is 0.551. The second-order valence-electron chi connectivity index (χ2n) is 4.51. The predicted molar refractivity (Wildman–Crippen MR) is 50.8 cm³/mol. The first-order valence-corrected chi connectivity index (χ1v) is 5.34. The Bertz CT molecular complexity index is 257. The number of hydrogen-bond acceptors (Lipinski definition) is 0. The predicted octanol–water partition coefficient (Wildman–Crippen LogP) is 3.45. The van der Waals surface area contributed by atoms with Crippen LogP contribution in [-0.2, 0) is 0 Å². The highest BCUT2D eigenvalue weighted by Crippen LogP contribution is 2.47. The first-order chi connectivity index (χ1) is 5.93. The van der Waals surface area contributed by atoms with Crippen molar-refractivity contribution >= 4 is 0 Å². The van der Waals surface area contributed by atoms with Gasteiger partial charge in [-0.25, -0.2) is 0 Å². The van der Waals surface area contributed by atoms with Crippen molar-refractivity contribution < 1.29 is 0 Å². The molecule has 3 aliphatic carbocycles. The van der Waals surface area contributed by atoms with Crippen LogP contribution in [0.25, 0.3) is 0 Å². The Hall–Kier alpha value is -0.520. The first kappa shape index (κ1) is 6.94. The van der Waals surface area contributed by atoms with Gasteiger partial charge in [0.2, 0.25) is 0 Å². The summed E-state index contributed by atoms with van der Waals surface area (Å²) < 4.78 is 0. The van der Waals surface area contributed by atoms with Gasteiger partial charge in [0.05, 0.1) is 0 Å². The van der Waals surface area contributed by atoms with Gasteiger partial charge in [0, 0.05) is 0 Å². The summed E-state index contributed by atoms with van der Waals surface area (Å²) in [6.07, 6.45) is 13.6. The lowest BCUT2D eigenvalue weighted by atomic mass is 9.92. The number of fused-ring (bicyclic) bond motifs is 2. The molecule has 0 nitrogen and oxygen atoms in total. The summed E-state index contributed by atoms with van der Waals surface area (Å²) in [6, 6.07) is 0. The van der Waals surface area contributed by atoms with Crippen molar-refractivity contribution in [2.45, 2.75) is 38.5 Å². The fraction of sp³-hybridized carbons (Fsp3) is 0.667. The highest BCUT2D eigenvalue weighted by Gasteiger charge is 2.34. The van der Waals surface area contributed by atoms with Crippen LogP contribution in [0, 0.1) is 11.8 Å². The van der Waals surface area contributed by atoms with Crippen LogP contribution in [0.3, 0.4) is 0 Å². The standard InChI is InChI=1S/C12H16/c1-2-4-10(3-1)12-8-9-5-6-11(12)7-9/h3,8-9,11H,1-2,4-7H2. The molecule has 0 aromatic rings. The van der Waals surface area contributed by atoms with Gasteiger partial charge in [0.15, 0.2) is 0 Å². The van der Waals surface area contributed by atoms with Crippen LogP contribution in [0.15, 0.2) is 23.3 Å². The monoisotopic (exact) mass is 160 g/mol. The molecule has 2 unspecified atom stereocenters. The van der Waals surface area contributed by atoms with Crippen molar-refractivity contribution in [3.63, 3.8) is 0 Å². The Morgan fingerprint density at radius 3 is 2.83 bits per heavy atom. The highest BCUT2D eigenvalue weighted by atomic mass is 14.4. The van der Waals surface area contributed by atoms with Gasteiger partial charge >= 0.3 is 0 Å². The van der Waals surface area contributed by atoms with E-state index in [2.05, 4.69) is 12.2 Å². The zero-order valence-corrected chi connectivity index (χ0v) is 7.55. The molecule has 3 aliphatic rings. The summed E-state index contributed by atoms with van der Waals surface area (Å²) in [5.74, 6) is 1.94. The fourth-order valence-electron chi connectivity index (χ4n) is 3.14. The Kier molecular flexibility index (Phi) is 1.44. The van der Waals surface area contributed by atoms with E-state index in [1.54, 1.807) is 11.1 Å². The second kappa shape index (κ2) is 2.48. The zero-order valence-electron chi connectivity index (χ0n) is 7.55. The zero-order chi connectivity index (χ0) is 7.97. The molecule has 2 bridgehead atoms. The minimum absolute atomic E-state index is 0.964. The van der Waals surface area contributed by atoms with Gasteiger partial charge in [-0.05, 0) is 61.5 Å². The third-order valence-electron chi connectivity index (χ3n) is 3.74. The molecular weight excluding hydrogens is 144 g/mol. The van der Waals surface area contributed by atoms with E-state index in [1.165, 1.54) is 38.5 Å². The maximum atomic E-state index is 2.57. The van der Waals surface area contributed by atoms with E-state index >= 15 is 0 Å². The lowest BCUT2D eigenvalue weighted by Gasteiger charge is -2.14. The summed E-state index contributed by atoms with van der Waals surface area (Å²) in [5, 5.41) is 0. The smallest absolute Gasteiger partial charge is 0.0157 e. The molecule has 0 aromatic heterocycles. The highest BCUT2D eigenvalue weighted by molar-refractivity contribution is 5.39. The largest absolute Gasteiger partial charge is 0.0810 e. The molecule has 12 heavy (non-hydrogen) atoms. The van der Waals surface area contributed by atoms with Crippen LogP contribution in [0.5, 0.6) is 0 Å². The van der Waals surface area contributed by atoms with Gasteiger partial charge < -0.3 is 0 Å². The normalized spacial score (nSPS) is 38.7. The van der Waals surface area contributed by atoms with E-state index in [4.69, 9.17) is 0 Å². The molecule has 0 aromatic carbocycles. The van der Waals surface area contributed by atoms with Crippen molar-refractivity contribution in [2.75, 3.05) is 0 Å². The topological polar surface area (TPSA) is 0 Å². The third-order valence-corrected chi connectivity index (χ3v) is 3.74. The molecule has 0 radical (unpaired) electrons. The van der Waals surface area contributed by atoms with Gasteiger partial charge in [-0.2, -0.15) is 0 Å². The van der Waals surface area contributed by atoms with Crippen LogP contribution < -0.4 is 0 Å².